The summed E-state index contributed by atoms with van der Waals surface area (Å²) in [5, 5.41) is 14.2. The number of allylic oxidation sites excluding steroid dienone is 2. The van der Waals surface area contributed by atoms with Crippen molar-refractivity contribution in [2.75, 3.05) is 0 Å². The fourth-order valence-corrected chi connectivity index (χ4v) is 6.31. The van der Waals surface area contributed by atoms with E-state index in [-0.39, 0.29) is 48.9 Å². The molecule has 45 heavy (non-hydrogen) atoms. The molecule has 6 heteroatoms. The Hall–Kier alpha value is -3.18. The van der Waals surface area contributed by atoms with Crippen molar-refractivity contribution in [3.05, 3.63) is 95.8 Å². The molecule has 3 heterocycles. The van der Waals surface area contributed by atoms with E-state index >= 15 is 0 Å². The maximum absolute atomic E-state index is 11.7. The minimum Gasteiger partial charge on any atom is -0.512 e. The van der Waals surface area contributed by atoms with Crippen LogP contribution in [0.2, 0.25) is 0 Å². The molecule has 0 amide bonds. The van der Waals surface area contributed by atoms with Crippen LogP contribution in [0.15, 0.2) is 84.2 Å². The number of carbonyl (C=O) groups is 1. The fraction of sp³-hybridized carbons (Fsp3) is 0.359. The van der Waals surface area contributed by atoms with E-state index in [4.69, 9.17) is 0 Å². The quantitative estimate of drug-likeness (QED) is 0.0917. The van der Waals surface area contributed by atoms with Crippen molar-refractivity contribution in [2.45, 2.75) is 79.6 Å². The summed E-state index contributed by atoms with van der Waals surface area (Å²) in [6, 6.07) is 22.8. The van der Waals surface area contributed by atoms with Crippen LogP contribution in [-0.2, 0) is 30.3 Å². The number of aliphatic hydroxyl groups is 1. The maximum atomic E-state index is 11.7. The van der Waals surface area contributed by atoms with Gasteiger partial charge in [-0.1, -0.05) is 83.7 Å². The maximum Gasteiger partial charge on any atom is 0.162 e. The van der Waals surface area contributed by atoms with Crippen molar-refractivity contribution in [2.24, 2.45) is 11.8 Å². The van der Waals surface area contributed by atoms with Crippen LogP contribution in [0.3, 0.4) is 0 Å². The minimum absolute atomic E-state index is 0. The summed E-state index contributed by atoms with van der Waals surface area (Å²) in [5.74, 6) is 0.547. The molecule has 0 saturated heterocycles. The molecule has 0 spiro atoms. The standard InChI is InChI=1S/C26H21N2S.C13H24O2.Ir/c1-26(2,3)22-13-19(12-18-6-4-5-7-21(18)22)24-14-17(8-10-27-24)20-15-25-23(28-16-20)9-11-29-25;1-5-10(6-2)12(14)9-13(15)11(7-3)8-4;/h4-11,13-16H,1-3H3;9-11,14H,5-8H2,1-4H3;/q-1;;/b;12-9-;. The number of ketones is 1. The summed E-state index contributed by atoms with van der Waals surface area (Å²) in [5.41, 5.74) is 6.60. The Morgan fingerprint density at radius 3 is 2.27 bits per heavy atom. The number of thiophene rings is 1. The van der Waals surface area contributed by atoms with Crippen LogP contribution in [0.25, 0.3) is 43.4 Å². The first kappa shape index (κ1) is 36.3. The molecule has 0 aliphatic heterocycles. The zero-order valence-corrected chi connectivity index (χ0v) is 30.7. The largest absolute Gasteiger partial charge is 0.512 e. The monoisotopic (exact) mass is 798 g/mol. The molecular weight excluding hydrogens is 753 g/mol. The number of nitrogens with zero attached hydrogens (tertiary/aromatic N) is 2. The van der Waals surface area contributed by atoms with E-state index in [2.05, 4.69) is 90.7 Å². The number of hydrogen-bond donors (Lipinski definition) is 1. The average molecular weight is 798 g/mol. The van der Waals surface area contributed by atoms with Crippen molar-refractivity contribution in [1.29, 1.82) is 0 Å². The molecule has 3 aromatic heterocycles. The van der Waals surface area contributed by atoms with Crippen molar-refractivity contribution >= 4 is 38.1 Å². The van der Waals surface area contributed by atoms with Gasteiger partial charge in [0.15, 0.2) is 5.78 Å². The Kier molecular flexibility index (Phi) is 13.2. The Balaban J connectivity index is 0.000000297. The third-order valence-corrected chi connectivity index (χ3v) is 9.19. The van der Waals surface area contributed by atoms with E-state index in [0.717, 1.165) is 59.0 Å². The Labute approximate surface area is 286 Å². The molecular formula is C39H45IrN2O2S-. The van der Waals surface area contributed by atoms with Crippen molar-refractivity contribution in [3.63, 3.8) is 0 Å². The molecule has 239 valence electrons. The predicted molar refractivity (Wildman–Crippen MR) is 187 cm³/mol. The summed E-state index contributed by atoms with van der Waals surface area (Å²) in [6.07, 6.45) is 8.73. The third kappa shape index (κ3) is 8.97. The third-order valence-electron chi connectivity index (χ3n) is 8.34. The van der Waals surface area contributed by atoms with Gasteiger partial charge in [0.05, 0.1) is 16.0 Å². The molecule has 1 N–H and O–H groups in total. The van der Waals surface area contributed by atoms with Crippen LogP contribution >= 0.6 is 11.3 Å². The summed E-state index contributed by atoms with van der Waals surface area (Å²) in [4.78, 5) is 21.0. The van der Waals surface area contributed by atoms with Gasteiger partial charge in [-0.25, -0.2) is 0 Å². The van der Waals surface area contributed by atoms with E-state index in [1.54, 1.807) is 11.3 Å². The van der Waals surface area contributed by atoms with Gasteiger partial charge in [-0.05, 0) is 60.2 Å². The second kappa shape index (κ2) is 16.4. The molecule has 0 aliphatic rings. The van der Waals surface area contributed by atoms with E-state index in [1.165, 1.54) is 21.7 Å². The Morgan fingerprint density at radius 1 is 0.911 bits per heavy atom. The first-order chi connectivity index (χ1) is 21.1. The predicted octanol–water partition coefficient (Wildman–Crippen LogP) is 11.1. The molecule has 5 aromatic rings. The summed E-state index contributed by atoms with van der Waals surface area (Å²) in [6.45, 7) is 14.8. The van der Waals surface area contributed by atoms with Crippen molar-refractivity contribution in [3.8, 4) is 22.4 Å². The zero-order valence-electron chi connectivity index (χ0n) is 27.5. The summed E-state index contributed by atoms with van der Waals surface area (Å²) in [7, 11) is 0. The van der Waals surface area contributed by atoms with Gasteiger partial charge < -0.3 is 5.11 Å². The van der Waals surface area contributed by atoms with Gasteiger partial charge in [-0.2, -0.15) is 0 Å². The second-order valence-electron chi connectivity index (χ2n) is 12.3. The number of fused-ring (bicyclic) bond motifs is 2. The van der Waals surface area contributed by atoms with Gasteiger partial charge in [-0.15, -0.1) is 40.5 Å². The molecule has 0 fully saturated rings. The number of rotatable bonds is 9. The number of benzene rings is 2. The van der Waals surface area contributed by atoms with Crippen LogP contribution in [-0.4, -0.2) is 20.9 Å². The van der Waals surface area contributed by atoms with Gasteiger partial charge >= 0.3 is 0 Å². The van der Waals surface area contributed by atoms with Crippen molar-refractivity contribution < 1.29 is 30.0 Å². The van der Waals surface area contributed by atoms with Crippen LogP contribution in [0.4, 0.5) is 0 Å². The van der Waals surface area contributed by atoms with Gasteiger partial charge in [0.2, 0.25) is 0 Å². The normalized spacial score (nSPS) is 11.9. The van der Waals surface area contributed by atoms with E-state index in [9.17, 15) is 9.90 Å². The van der Waals surface area contributed by atoms with Crippen LogP contribution in [0.1, 0.15) is 79.7 Å². The fourth-order valence-electron chi connectivity index (χ4n) is 5.53. The van der Waals surface area contributed by atoms with Gasteiger partial charge in [0.25, 0.3) is 0 Å². The first-order valence-corrected chi connectivity index (χ1v) is 16.7. The molecule has 4 nitrogen and oxygen atoms in total. The molecule has 0 aliphatic carbocycles. The number of aliphatic hydroxyl groups excluding tert-OH is 1. The van der Waals surface area contributed by atoms with E-state index in [0.29, 0.717) is 0 Å². The summed E-state index contributed by atoms with van der Waals surface area (Å²) >= 11 is 1.72. The SMILES string of the molecule is CC(C)(C)c1cc(-c2cc(-c3cnc4ccsc4c3)ccn2)[c-]c2ccccc12.CCC(CC)C(=O)/C=C(\O)C(CC)CC.[Ir]. The average Bonchev–Trinajstić information content (AvgIpc) is 3.50. The van der Waals surface area contributed by atoms with Gasteiger partial charge in [0.1, 0.15) is 0 Å². The topological polar surface area (TPSA) is 63.1 Å². The van der Waals surface area contributed by atoms with Crippen LogP contribution in [0, 0.1) is 17.9 Å². The van der Waals surface area contributed by atoms with Crippen LogP contribution in [0.5, 0.6) is 0 Å². The molecule has 0 atom stereocenters. The van der Waals surface area contributed by atoms with E-state index < -0.39 is 0 Å². The Bertz CT molecular complexity index is 1740. The van der Waals surface area contributed by atoms with Gasteiger partial charge in [-0.3, -0.25) is 14.8 Å². The smallest absolute Gasteiger partial charge is 0.162 e. The van der Waals surface area contributed by atoms with E-state index in [1.807, 2.05) is 46.2 Å². The molecule has 1 radical (unpaired) electrons. The number of carbonyl (C=O) groups excluding carboxylic acids is 1. The first-order valence-electron chi connectivity index (χ1n) is 15.8. The zero-order chi connectivity index (χ0) is 31.9. The number of aromatic nitrogens is 2. The molecule has 5 rings (SSSR count). The van der Waals surface area contributed by atoms with Crippen molar-refractivity contribution in [1.82, 2.24) is 9.97 Å². The van der Waals surface area contributed by atoms with Crippen LogP contribution < -0.4 is 0 Å². The molecule has 0 bridgehead atoms. The minimum atomic E-state index is 0. The number of hydrogen-bond acceptors (Lipinski definition) is 5. The van der Waals surface area contributed by atoms with Gasteiger partial charge in [0, 0.05) is 61.7 Å². The molecule has 2 aromatic carbocycles. The second-order valence-corrected chi connectivity index (χ2v) is 13.3. The molecule has 0 unspecified atom stereocenters. The summed E-state index contributed by atoms with van der Waals surface area (Å²) < 4.78 is 1.20. The molecule has 0 saturated carbocycles. The number of pyridine rings is 2. The Morgan fingerprint density at radius 2 is 1.60 bits per heavy atom.